The van der Waals surface area contributed by atoms with Gasteiger partial charge in [-0.25, -0.2) is 4.98 Å². The Balaban J connectivity index is 2.13. The van der Waals surface area contributed by atoms with Gasteiger partial charge in [0.15, 0.2) is 0 Å². The molecule has 0 aliphatic carbocycles. The number of terminal acetylenes is 1. The van der Waals surface area contributed by atoms with Gasteiger partial charge >= 0.3 is 0 Å². The molecule has 0 fully saturated rings. The van der Waals surface area contributed by atoms with Crippen molar-refractivity contribution in [2.75, 3.05) is 0 Å². The summed E-state index contributed by atoms with van der Waals surface area (Å²) in [7, 11) is 0. The van der Waals surface area contributed by atoms with E-state index in [0.29, 0.717) is 6.04 Å². The van der Waals surface area contributed by atoms with Crippen LogP contribution in [0.25, 0.3) is 10.2 Å². The second-order valence-electron chi connectivity index (χ2n) is 4.42. The molecule has 0 radical (unpaired) electrons. The molecule has 2 aromatic rings. The molecule has 1 N–H and O–H groups in total. The molecule has 3 heteroatoms. The summed E-state index contributed by atoms with van der Waals surface area (Å²) in [6.07, 6.45) is 7.19. The third-order valence-electron chi connectivity index (χ3n) is 3.02. The van der Waals surface area contributed by atoms with Gasteiger partial charge in [-0.2, -0.15) is 0 Å². The van der Waals surface area contributed by atoms with Crippen molar-refractivity contribution in [1.29, 1.82) is 0 Å². The first kappa shape index (κ1) is 13.1. The van der Waals surface area contributed by atoms with Crippen molar-refractivity contribution in [3.8, 4) is 12.3 Å². The first-order chi connectivity index (χ1) is 8.74. The molecule has 0 aliphatic heterocycles. The molecule has 2 atom stereocenters. The number of rotatable bonds is 5. The van der Waals surface area contributed by atoms with Crippen LogP contribution in [-0.4, -0.2) is 11.0 Å². The van der Waals surface area contributed by atoms with Gasteiger partial charge in [-0.05, 0) is 25.5 Å². The number of hydrogen-bond donors (Lipinski definition) is 1. The third-order valence-corrected chi connectivity index (χ3v) is 4.24. The molecule has 0 bridgehead atoms. The van der Waals surface area contributed by atoms with Crippen molar-refractivity contribution in [3.63, 3.8) is 0 Å². The molecule has 1 heterocycles. The maximum atomic E-state index is 5.38. The van der Waals surface area contributed by atoms with Crippen molar-refractivity contribution >= 4 is 21.6 Å². The fourth-order valence-electron chi connectivity index (χ4n) is 1.96. The highest BCUT2D eigenvalue weighted by Gasteiger charge is 2.14. The van der Waals surface area contributed by atoms with Gasteiger partial charge in [-0.1, -0.05) is 19.1 Å². The number of fused-ring (bicyclic) bond motifs is 1. The van der Waals surface area contributed by atoms with Gasteiger partial charge in [0, 0.05) is 12.5 Å². The Morgan fingerprint density at radius 2 is 2.22 bits per heavy atom. The Labute approximate surface area is 112 Å². The lowest BCUT2D eigenvalue weighted by Crippen LogP contribution is -2.30. The first-order valence-corrected chi connectivity index (χ1v) is 7.11. The largest absolute Gasteiger partial charge is 0.304 e. The van der Waals surface area contributed by atoms with E-state index in [1.807, 2.05) is 6.07 Å². The van der Waals surface area contributed by atoms with Gasteiger partial charge in [0.2, 0.25) is 0 Å². The van der Waals surface area contributed by atoms with Gasteiger partial charge in [0.1, 0.15) is 5.01 Å². The van der Waals surface area contributed by atoms with E-state index in [9.17, 15) is 0 Å². The summed E-state index contributed by atoms with van der Waals surface area (Å²) in [5, 5.41) is 4.68. The zero-order chi connectivity index (χ0) is 13.0. The number of benzene rings is 1. The second kappa shape index (κ2) is 5.99. The zero-order valence-electron chi connectivity index (χ0n) is 10.8. The fourth-order valence-corrected chi connectivity index (χ4v) is 2.94. The lowest BCUT2D eigenvalue weighted by molar-refractivity contribution is 0.448. The quantitative estimate of drug-likeness (QED) is 0.826. The monoisotopic (exact) mass is 258 g/mol. The predicted octanol–water partition coefficient (Wildman–Crippen LogP) is 3.75. The Hall–Kier alpha value is -1.37. The minimum Gasteiger partial charge on any atom is -0.304 e. The molecule has 2 unspecified atom stereocenters. The average molecular weight is 258 g/mol. The summed E-state index contributed by atoms with van der Waals surface area (Å²) in [6.45, 7) is 4.30. The Kier molecular flexibility index (Phi) is 4.35. The molecular formula is C15H18N2S. The molecule has 0 aliphatic rings. The van der Waals surface area contributed by atoms with Crippen LogP contribution < -0.4 is 5.32 Å². The van der Waals surface area contributed by atoms with Crippen LogP contribution in [0.15, 0.2) is 24.3 Å². The van der Waals surface area contributed by atoms with E-state index in [-0.39, 0.29) is 6.04 Å². The van der Waals surface area contributed by atoms with Crippen molar-refractivity contribution in [3.05, 3.63) is 29.3 Å². The number of para-hydroxylation sites is 1. The highest BCUT2D eigenvalue weighted by molar-refractivity contribution is 7.18. The Morgan fingerprint density at radius 1 is 1.44 bits per heavy atom. The second-order valence-corrected chi connectivity index (χ2v) is 5.48. The van der Waals surface area contributed by atoms with E-state index in [4.69, 9.17) is 6.42 Å². The minimum atomic E-state index is 0.251. The van der Waals surface area contributed by atoms with Crippen molar-refractivity contribution in [1.82, 2.24) is 10.3 Å². The number of hydrogen-bond acceptors (Lipinski definition) is 3. The molecule has 18 heavy (non-hydrogen) atoms. The van der Waals surface area contributed by atoms with Crippen LogP contribution in [0.2, 0.25) is 0 Å². The smallest absolute Gasteiger partial charge is 0.111 e. The van der Waals surface area contributed by atoms with E-state index in [2.05, 4.69) is 48.3 Å². The molecule has 0 spiro atoms. The van der Waals surface area contributed by atoms with Crippen LogP contribution in [0.3, 0.4) is 0 Å². The SMILES string of the molecule is C#CCC(CC)NC(C)c1nc2ccccc2s1. The summed E-state index contributed by atoms with van der Waals surface area (Å²) >= 11 is 1.75. The molecule has 0 saturated carbocycles. The van der Waals surface area contributed by atoms with Crippen LogP contribution in [0.4, 0.5) is 0 Å². The molecule has 0 saturated heterocycles. The zero-order valence-corrected chi connectivity index (χ0v) is 11.6. The van der Waals surface area contributed by atoms with E-state index < -0.39 is 0 Å². The highest BCUT2D eigenvalue weighted by Crippen LogP contribution is 2.26. The van der Waals surface area contributed by atoms with E-state index in [1.54, 1.807) is 11.3 Å². The molecular weight excluding hydrogens is 240 g/mol. The standard InChI is InChI=1S/C15H18N2S/c1-4-8-12(5-2)16-11(3)15-17-13-9-6-7-10-14(13)18-15/h1,6-7,9-12,16H,5,8H2,2-3H3. The maximum absolute atomic E-state index is 5.38. The highest BCUT2D eigenvalue weighted by atomic mass is 32.1. The average Bonchev–Trinajstić information content (AvgIpc) is 2.82. The van der Waals surface area contributed by atoms with Crippen LogP contribution in [0.5, 0.6) is 0 Å². The van der Waals surface area contributed by atoms with Gasteiger partial charge in [0.05, 0.1) is 16.3 Å². The molecule has 94 valence electrons. The lowest BCUT2D eigenvalue weighted by Gasteiger charge is -2.18. The van der Waals surface area contributed by atoms with Crippen LogP contribution >= 0.6 is 11.3 Å². The predicted molar refractivity (Wildman–Crippen MR) is 78.7 cm³/mol. The summed E-state index contributed by atoms with van der Waals surface area (Å²) in [6, 6.07) is 8.87. The molecule has 2 rings (SSSR count). The maximum Gasteiger partial charge on any atom is 0.111 e. The van der Waals surface area contributed by atoms with Gasteiger partial charge in [0.25, 0.3) is 0 Å². The van der Waals surface area contributed by atoms with Gasteiger partial charge in [-0.3, -0.25) is 0 Å². The van der Waals surface area contributed by atoms with Crippen LogP contribution in [0, 0.1) is 12.3 Å². The van der Waals surface area contributed by atoms with Crippen LogP contribution in [-0.2, 0) is 0 Å². The lowest BCUT2D eigenvalue weighted by atomic mass is 10.1. The Morgan fingerprint density at radius 3 is 2.89 bits per heavy atom. The first-order valence-electron chi connectivity index (χ1n) is 6.29. The summed E-state index contributed by atoms with van der Waals surface area (Å²) < 4.78 is 1.24. The van der Waals surface area contributed by atoms with E-state index >= 15 is 0 Å². The van der Waals surface area contributed by atoms with E-state index in [1.165, 1.54) is 4.70 Å². The molecule has 1 aromatic heterocycles. The normalized spacial score (nSPS) is 14.3. The van der Waals surface area contributed by atoms with Crippen molar-refractivity contribution in [2.24, 2.45) is 0 Å². The number of aromatic nitrogens is 1. The summed E-state index contributed by atoms with van der Waals surface area (Å²) in [5.41, 5.74) is 1.08. The molecule has 2 nitrogen and oxygen atoms in total. The fraction of sp³-hybridized carbons (Fsp3) is 0.400. The van der Waals surface area contributed by atoms with E-state index in [0.717, 1.165) is 23.4 Å². The van der Waals surface area contributed by atoms with Crippen molar-refractivity contribution in [2.45, 2.75) is 38.8 Å². The van der Waals surface area contributed by atoms with Crippen molar-refractivity contribution < 1.29 is 0 Å². The summed E-state index contributed by atoms with van der Waals surface area (Å²) in [4.78, 5) is 4.66. The topological polar surface area (TPSA) is 24.9 Å². The number of nitrogens with one attached hydrogen (secondary N) is 1. The van der Waals surface area contributed by atoms with Gasteiger partial charge in [-0.15, -0.1) is 23.7 Å². The summed E-state index contributed by atoms with van der Waals surface area (Å²) in [5.74, 6) is 2.72. The van der Waals surface area contributed by atoms with Crippen LogP contribution in [0.1, 0.15) is 37.7 Å². The number of nitrogens with zero attached hydrogens (tertiary/aromatic N) is 1. The molecule has 0 amide bonds. The van der Waals surface area contributed by atoms with Gasteiger partial charge < -0.3 is 5.32 Å². The third kappa shape index (κ3) is 2.90. The Bertz CT molecular complexity index is 520. The number of thiazole rings is 1. The minimum absolute atomic E-state index is 0.251. The molecule has 1 aromatic carbocycles.